The van der Waals surface area contributed by atoms with Crippen molar-refractivity contribution in [3.05, 3.63) is 0 Å². The minimum atomic E-state index is -4.05. The summed E-state index contributed by atoms with van der Waals surface area (Å²) in [5.41, 5.74) is 0. The maximum absolute atomic E-state index is 11.8. The van der Waals surface area contributed by atoms with E-state index in [9.17, 15) is 13.2 Å². The summed E-state index contributed by atoms with van der Waals surface area (Å²) in [6.07, 6.45) is -1.68. The van der Waals surface area contributed by atoms with Gasteiger partial charge in [0.25, 0.3) is 0 Å². The molecule has 0 aromatic carbocycles. The van der Waals surface area contributed by atoms with Crippen LogP contribution in [-0.2, 0) is 0 Å². The minimum Gasteiger partial charge on any atom is -0.316 e. The quantitative estimate of drug-likeness (QED) is 0.577. The van der Waals surface area contributed by atoms with Crippen LogP contribution in [-0.4, -0.2) is 24.6 Å². The second-order valence-electron chi connectivity index (χ2n) is 3.78. The van der Waals surface area contributed by atoms with Gasteiger partial charge in [-0.1, -0.05) is 6.42 Å². The van der Waals surface area contributed by atoms with Crippen LogP contribution in [0.2, 0.25) is 0 Å². The van der Waals surface area contributed by atoms with Crippen molar-refractivity contribution in [2.24, 2.45) is 5.92 Å². The van der Waals surface area contributed by atoms with E-state index in [1.54, 1.807) is 0 Å². The maximum Gasteiger partial charge on any atom is 0.390 e. The summed E-state index contributed by atoms with van der Waals surface area (Å²) in [6.45, 7) is 0.619. The van der Waals surface area contributed by atoms with Gasteiger partial charge in [0.05, 0.1) is 6.42 Å². The van der Waals surface area contributed by atoms with Gasteiger partial charge in [0.2, 0.25) is 0 Å². The van der Waals surface area contributed by atoms with Crippen molar-refractivity contribution in [1.29, 1.82) is 0 Å². The molecule has 1 fully saturated rings. The Labute approximate surface area is 87.0 Å². The topological polar surface area (TPSA) is 12.0 Å². The van der Waals surface area contributed by atoms with Gasteiger partial charge in [-0.05, 0) is 25.3 Å². The maximum atomic E-state index is 11.8. The van der Waals surface area contributed by atoms with Gasteiger partial charge in [-0.15, -0.1) is 11.6 Å². The van der Waals surface area contributed by atoms with Crippen LogP contribution in [0.1, 0.15) is 25.7 Å². The molecule has 0 bridgehead atoms. The predicted octanol–water partition coefficient (Wildman–Crippen LogP) is 2.94. The number of halogens is 4. The fourth-order valence-electron chi connectivity index (χ4n) is 1.74. The molecule has 0 spiro atoms. The summed E-state index contributed by atoms with van der Waals surface area (Å²) in [5.74, 6) is 0.352. The third-order valence-corrected chi connectivity index (χ3v) is 3.13. The molecule has 1 N–H and O–H groups in total. The van der Waals surface area contributed by atoms with Crippen LogP contribution in [0, 0.1) is 5.92 Å². The van der Waals surface area contributed by atoms with Crippen LogP contribution < -0.4 is 5.32 Å². The standard InChI is InChI=1S/C9H15ClF3N/c10-8-3-1-2-7(8)6-14-5-4-9(11,12)13/h7-8,14H,1-6H2. The van der Waals surface area contributed by atoms with E-state index < -0.39 is 12.6 Å². The number of hydrogen-bond acceptors (Lipinski definition) is 1. The fraction of sp³-hybridized carbons (Fsp3) is 1.00. The van der Waals surface area contributed by atoms with E-state index >= 15 is 0 Å². The first-order chi connectivity index (χ1) is 6.49. The molecule has 1 saturated carbocycles. The molecule has 0 aromatic rings. The minimum absolute atomic E-state index is 0.00358. The third-order valence-electron chi connectivity index (χ3n) is 2.56. The van der Waals surface area contributed by atoms with Crippen molar-refractivity contribution in [2.75, 3.05) is 13.1 Å². The lowest BCUT2D eigenvalue weighted by Crippen LogP contribution is -2.28. The average Bonchev–Trinajstić information content (AvgIpc) is 2.44. The second kappa shape index (κ2) is 5.21. The molecular formula is C9H15ClF3N. The van der Waals surface area contributed by atoms with Crippen LogP contribution in [0.4, 0.5) is 13.2 Å². The molecule has 2 atom stereocenters. The van der Waals surface area contributed by atoms with E-state index in [0.29, 0.717) is 12.5 Å². The second-order valence-corrected chi connectivity index (χ2v) is 4.34. The van der Waals surface area contributed by atoms with Crippen LogP contribution in [0.5, 0.6) is 0 Å². The highest BCUT2D eigenvalue weighted by molar-refractivity contribution is 6.20. The molecule has 14 heavy (non-hydrogen) atoms. The summed E-state index contributed by atoms with van der Waals surface area (Å²) in [7, 11) is 0. The van der Waals surface area contributed by atoms with Gasteiger partial charge < -0.3 is 5.32 Å². The molecule has 0 radical (unpaired) electrons. The summed E-state index contributed by atoms with van der Waals surface area (Å²) in [5, 5.41) is 2.96. The van der Waals surface area contributed by atoms with Gasteiger partial charge in [-0.3, -0.25) is 0 Å². The predicted molar refractivity (Wildman–Crippen MR) is 50.5 cm³/mol. The van der Waals surface area contributed by atoms with Gasteiger partial charge >= 0.3 is 6.18 Å². The zero-order chi connectivity index (χ0) is 10.6. The normalized spacial score (nSPS) is 28.3. The summed E-state index contributed by atoms with van der Waals surface area (Å²) < 4.78 is 35.3. The average molecular weight is 230 g/mol. The lowest BCUT2D eigenvalue weighted by Gasteiger charge is -2.14. The molecule has 1 aliphatic rings. The highest BCUT2D eigenvalue weighted by atomic mass is 35.5. The summed E-state index contributed by atoms with van der Waals surface area (Å²) in [6, 6.07) is 0. The van der Waals surface area contributed by atoms with E-state index in [2.05, 4.69) is 5.32 Å². The molecular weight excluding hydrogens is 215 g/mol. The molecule has 0 saturated heterocycles. The molecule has 84 valence electrons. The molecule has 0 aliphatic heterocycles. The van der Waals surface area contributed by atoms with Crippen molar-refractivity contribution in [2.45, 2.75) is 37.2 Å². The van der Waals surface area contributed by atoms with Gasteiger partial charge in [-0.2, -0.15) is 13.2 Å². The highest BCUT2D eigenvalue weighted by Crippen LogP contribution is 2.29. The summed E-state index contributed by atoms with van der Waals surface area (Å²) >= 11 is 5.98. The number of alkyl halides is 4. The third kappa shape index (κ3) is 4.51. The van der Waals surface area contributed by atoms with Crippen LogP contribution in [0.3, 0.4) is 0 Å². The Morgan fingerprint density at radius 1 is 1.29 bits per heavy atom. The Morgan fingerprint density at radius 3 is 2.50 bits per heavy atom. The van der Waals surface area contributed by atoms with Gasteiger partial charge in [0.15, 0.2) is 0 Å². The molecule has 1 aliphatic carbocycles. The van der Waals surface area contributed by atoms with Crippen molar-refractivity contribution < 1.29 is 13.2 Å². The number of hydrogen-bond donors (Lipinski definition) is 1. The van der Waals surface area contributed by atoms with Crippen molar-refractivity contribution in [3.8, 4) is 0 Å². The van der Waals surface area contributed by atoms with Crippen LogP contribution >= 0.6 is 11.6 Å². The Kier molecular flexibility index (Phi) is 4.51. The van der Waals surface area contributed by atoms with Crippen molar-refractivity contribution in [3.63, 3.8) is 0 Å². The van der Waals surface area contributed by atoms with Crippen molar-refractivity contribution in [1.82, 2.24) is 5.32 Å². The Bertz CT molecular complexity index is 172. The smallest absolute Gasteiger partial charge is 0.316 e. The molecule has 5 heteroatoms. The summed E-state index contributed by atoms with van der Waals surface area (Å²) in [4.78, 5) is 0. The Morgan fingerprint density at radius 2 is 2.00 bits per heavy atom. The first-order valence-corrected chi connectivity index (χ1v) is 5.34. The zero-order valence-electron chi connectivity index (χ0n) is 7.91. The SMILES string of the molecule is FC(F)(F)CCNCC1CCCC1Cl. The molecule has 0 aromatic heterocycles. The largest absolute Gasteiger partial charge is 0.390 e. The lowest BCUT2D eigenvalue weighted by molar-refractivity contribution is -0.133. The van der Waals surface area contributed by atoms with Gasteiger partial charge in [0, 0.05) is 11.9 Å². The Hall–Kier alpha value is 0.0400. The van der Waals surface area contributed by atoms with Gasteiger partial charge in [0.1, 0.15) is 0 Å². The number of rotatable bonds is 4. The molecule has 2 unspecified atom stereocenters. The van der Waals surface area contributed by atoms with E-state index in [1.165, 1.54) is 0 Å². The lowest BCUT2D eigenvalue weighted by atomic mass is 10.1. The van der Waals surface area contributed by atoms with E-state index in [-0.39, 0.29) is 11.9 Å². The molecule has 1 rings (SSSR count). The first-order valence-electron chi connectivity index (χ1n) is 4.90. The Balaban J connectivity index is 2.04. The fourth-order valence-corrected chi connectivity index (χ4v) is 2.11. The van der Waals surface area contributed by atoms with Crippen LogP contribution in [0.25, 0.3) is 0 Å². The van der Waals surface area contributed by atoms with Crippen molar-refractivity contribution >= 4 is 11.6 Å². The molecule has 0 heterocycles. The number of nitrogens with one attached hydrogen (secondary N) is 1. The van der Waals surface area contributed by atoms with E-state index in [1.807, 2.05) is 0 Å². The monoisotopic (exact) mass is 229 g/mol. The van der Waals surface area contributed by atoms with Gasteiger partial charge in [-0.25, -0.2) is 0 Å². The first kappa shape index (κ1) is 12.1. The zero-order valence-corrected chi connectivity index (χ0v) is 8.67. The molecule has 0 amide bonds. The van der Waals surface area contributed by atoms with Crippen LogP contribution in [0.15, 0.2) is 0 Å². The highest BCUT2D eigenvalue weighted by Gasteiger charge is 2.27. The molecule has 1 nitrogen and oxygen atoms in total. The van der Waals surface area contributed by atoms with E-state index in [0.717, 1.165) is 19.3 Å². The van der Waals surface area contributed by atoms with E-state index in [4.69, 9.17) is 11.6 Å².